The van der Waals surface area contributed by atoms with E-state index < -0.39 is 0 Å². The van der Waals surface area contributed by atoms with Gasteiger partial charge in [-0.1, -0.05) is 6.92 Å². The first kappa shape index (κ1) is 12.0. The third-order valence-corrected chi connectivity index (χ3v) is 4.27. The summed E-state index contributed by atoms with van der Waals surface area (Å²) in [5.41, 5.74) is 0. The predicted octanol–water partition coefficient (Wildman–Crippen LogP) is 1.79. The number of thiazole rings is 1. The number of hydrogen-bond donors (Lipinski definition) is 1. The molecule has 0 aromatic carbocycles. The Morgan fingerprint density at radius 3 is 3.25 bits per heavy atom. The van der Waals surface area contributed by atoms with Gasteiger partial charge in [0.15, 0.2) is 0 Å². The molecule has 2 atom stereocenters. The molecule has 2 rings (SSSR count). The monoisotopic (exact) mass is 239 g/mol. The van der Waals surface area contributed by atoms with Gasteiger partial charge in [-0.2, -0.15) is 0 Å². The van der Waals surface area contributed by atoms with Gasteiger partial charge in [0, 0.05) is 30.6 Å². The number of aromatic nitrogens is 1. The van der Waals surface area contributed by atoms with Crippen LogP contribution >= 0.6 is 11.3 Å². The molecule has 0 radical (unpaired) electrons. The molecule has 90 valence electrons. The van der Waals surface area contributed by atoms with Gasteiger partial charge in [-0.15, -0.1) is 11.3 Å². The summed E-state index contributed by atoms with van der Waals surface area (Å²) < 4.78 is 0. The molecular formula is C12H21N3S. The molecule has 1 fully saturated rings. The number of likely N-dealkylation sites (tertiary alicyclic amines) is 1. The summed E-state index contributed by atoms with van der Waals surface area (Å²) in [6.45, 7) is 7.10. The van der Waals surface area contributed by atoms with Crippen molar-refractivity contribution in [2.45, 2.75) is 19.3 Å². The summed E-state index contributed by atoms with van der Waals surface area (Å²) in [6, 6.07) is 0. The first-order valence-electron chi connectivity index (χ1n) is 6.06. The van der Waals surface area contributed by atoms with Crippen molar-refractivity contribution in [3.63, 3.8) is 0 Å². The van der Waals surface area contributed by atoms with Crippen LogP contribution in [-0.4, -0.2) is 43.1 Å². The third kappa shape index (κ3) is 3.03. The molecule has 1 aliphatic rings. The van der Waals surface area contributed by atoms with Gasteiger partial charge in [-0.05, 0) is 32.5 Å². The van der Waals surface area contributed by atoms with E-state index in [1.807, 2.05) is 13.2 Å². The lowest BCUT2D eigenvalue weighted by molar-refractivity contribution is 0.306. The molecule has 1 aromatic heterocycles. The van der Waals surface area contributed by atoms with Gasteiger partial charge < -0.3 is 10.2 Å². The molecular weight excluding hydrogens is 218 g/mol. The van der Waals surface area contributed by atoms with Gasteiger partial charge in [0.2, 0.25) is 0 Å². The second-order valence-corrected chi connectivity index (χ2v) is 5.67. The molecule has 0 saturated carbocycles. The first-order chi connectivity index (χ1) is 7.79. The molecule has 4 heteroatoms. The lowest BCUT2D eigenvalue weighted by atomic mass is 10.1. The molecule has 1 aromatic rings. The summed E-state index contributed by atoms with van der Waals surface area (Å²) in [6.07, 6.45) is 3.25. The molecule has 3 nitrogen and oxygen atoms in total. The molecule has 0 bridgehead atoms. The van der Waals surface area contributed by atoms with Crippen LogP contribution in [0.15, 0.2) is 11.6 Å². The Hall–Kier alpha value is -0.450. The largest absolute Gasteiger partial charge is 0.319 e. The van der Waals surface area contributed by atoms with Crippen LogP contribution in [0.2, 0.25) is 0 Å². The Bertz CT molecular complexity index is 299. The topological polar surface area (TPSA) is 28.2 Å². The standard InChI is InChI=1S/C12H21N3S/c1-10(12-14-4-6-16-12)8-15-5-3-11(9-15)7-13-2/h4,6,10-11,13H,3,5,7-9H2,1-2H3. The lowest BCUT2D eigenvalue weighted by Crippen LogP contribution is -2.27. The highest BCUT2D eigenvalue weighted by atomic mass is 32.1. The number of hydrogen-bond acceptors (Lipinski definition) is 4. The van der Waals surface area contributed by atoms with Crippen LogP contribution in [0.25, 0.3) is 0 Å². The van der Waals surface area contributed by atoms with E-state index in [0.717, 1.165) is 19.0 Å². The number of rotatable bonds is 5. The van der Waals surface area contributed by atoms with Crippen molar-refractivity contribution in [1.82, 2.24) is 15.2 Å². The van der Waals surface area contributed by atoms with Crippen LogP contribution < -0.4 is 5.32 Å². The van der Waals surface area contributed by atoms with Crippen molar-refractivity contribution in [1.29, 1.82) is 0 Å². The van der Waals surface area contributed by atoms with Crippen molar-refractivity contribution >= 4 is 11.3 Å². The van der Waals surface area contributed by atoms with Crippen molar-refractivity contribution < 1.29 is 0 Å². The third-order valence-electron chi connectivity index (χ3n) is 3.27. The van der Waals surface area contributed by atoms with Gasteiger partial charge in [-0.25, -0.2) is 4.98 Å². The molecule has 0 amide bonds. The highest BCUT2D eigenvalue weighted by Crippen LogP contribution is 2.22. The molecule has 2 unspecified atom stereocenters. The van der Waals surface area contributed by atoms with Crippen molar-refractivity contribution in [3.8, 4) is 0 Å². The van der Waals surface area contributed by atoms with E-state index in [2.05, 4.69) is 27.5 Å². The van der Waals surface area contributed by atoms with Crippen LogP contribution in [0.5, 0.6) is 0 Å². The minimum absolute atomic E-state index is 0.577. The van der Waals surface area contributed by atoms with Crippen molar-refractivity contribution in [2.75, 3.05) is 33.2 Å². The highest BCUT2D eigenvalue weighted by molar-refractivity contribution is 7.09. The van der Waals surface area contributed by atoms with Crippen molar-refractivity contribution in [2.24, 2.45) is 5.92 Å². The Kier molecular flexibility index (Phi) is 4.32. The predicted molar refractivity (Wildman–Crippen MR) is 69.0 cm³/mol. The van der Waals surface area contributed by atoms with E-state index in [4.69, 9.17) is 0 Å². The minimum atomic E-state index is 0.577. The lowest BCUT2D eigenvalue weighted by Gasteiger charge is -2.19. The molecule has 16 heavy (non-hydrogen) atoms. The molecule has 1 aliphatic heterocycles. The van der Waals surface area contributed by atoms with E-state index in [9.17, 15) is 0 Å². The first-order valence-corrected chi connectivity index (χ1v) is 6.94. The van der Waals surface area contributed by atoms with Gasteiger partial charge in [0.05, 0.1) is 5.01 Å². The normalized spacial score (nSPS) is 23.8. The SMILES string of the molecule is CNCC1CCN(CC(C)c2nccs2)C1. The molecule has 2 heterocycles. The second kappa shape index (κ2) is 5.75. The zero-order valence-corrected chi connectivity index (χ0v) is 11.0. The van der Waals surface area contributed by atoms with Gasteiger partial charge in [0.25, 0.3) is 0 Å². The maximum atomic E-state index is 4.39. The van der Waals surface area contributed by atoms with E-state index in [-0.39, 0.29) is 0 Å². The van der Waals surface area contributed by atoms with Crippen LogP contribution in [-0.2, 0) is 0 Å². The summed E-state index contributed by atoms with van der Waals surface area (Å²) in [4.78, 5) is 6.97. The summed E-state index contributed by atoms with van der Waals surface area (Å²) in [5, 5.41) is 6.62. The average Bonchev–Trinajstić information content (AvgIpc) is 2.89. The number of nitrogens with zero attached hydrogens (tertiary/aromatic N) is 2. The van der Waals surface area contributed by atoms with Crippen molar-refractivity contribution in [3.05, 3.63) is 16.6 Å². The maximum Gasteiger partial charge on any atom is 0.0965 e. The minimum Gasteiger partial charge on any atom is -0.319 e. The highest BCUT2D eigenvalue weighted by Gasteiger charge is 2.23. The fraction of sp³-hybridized carbons (Fsp3) is 0.750. The van der Waals surface area contributed by atoms with Gasteiger partial charge >= 0.3 is 0 Å². The van der Waals surface area contributed by atoms with Gasteiger partial charge in [-0.3, -0.25) is 0 Å². The van der Waals surface area contributed by atoms with E-state index >= 15 is 0 Å². The Labute approximate surface area is 102 Å². The summed E-state index contributed by atoms with van der Waals surface area (Å²) in [7, 11) is 2.04. The Morgan fingerprint density at radius 1 is 1.69 bits per heavy atom. The van der Waals surface area contributed by atoms with Crippen LogP contribution in [0.3, 0.4) is 0 Å². The zero-order chi connectivity index (χ0) is 11.4. The van der Waals surface area contributed by atoms with E-state index in [0.29, 0.717) is 5.92 Å². The number of nitrogens with one attached hydrogen (secondary N) is 1. The fourth-order valence-corrected chi connectivity index (χ4v) is 3.17. The maximum absolute atomic E-state index is 4.39. The quantitative estimate of drug-likeness (QED) is 0.849. The second-order valence-electron chi connectivity index (χ2n) is 4.74. The molecule has 1 N–H and O–H groups in total. The fourth-order valence-electron chi connectivity index (χ4n) is 2.48. The summed E-state index contributed by atoms with van der Waals surface area (Å²) in [5.74, 6) is 1.42. The van der Waals surface area contributed by atoms with Gasteiger partial charge in [0.1, 0.15) is 0 Å². The molecule has 0 aliphatic carbocycles. The van der Waals surface area contributed by atoms with Crippen LogP contribution in [0.1, 0.15) is 24.3 Å². The average molecular weight is 239 g/mol. The van der Waals surface area contributed by atoms with Crippen LogP contribution in [0, 0.1) is 5.92 Å². The zero-order valence-electron chi connectivity index (χ0n) is 10.1. The van der Waals surface area contributed by atoms with E-state index in [1.165, 1.54) is 24.5 Å². The van der Waals surface area contributed by atoms with E-state index in [1.54, 1.807) is 11.3 Å². The Morgan fingerprint density at radius 2 is 2.56 bits per heavy atom. The smallest absolute Gasteiger partial charge is 0.0965 e. The molecule has 0 spiro atoms. The Balaban J connectivity index is 1.78. The van der Waals surface area contributed by atoms with Crippen LogP contribution in [0.4, 0.5) is 0 Å². The molecule has 1 saturated heterocycles. The summed E-state index contributed by atoms with van der Waals surface area (Å²) >= 11 is 1.78.